The molecule has 1 saturated heterocycles. The first-order valence-electron chi connectivity index (χ1n) is 12.6. The molecular formula is C26H40N4O5. The molecule has 2 aliphatic rings. The molecule has 1 saturated carbocycles. The van der Waals surface area contributed by atoms with Gasteiger partial charge in [-0.25, -0.2) is 4.79 Å². The van der Waals surface area contributed by atoms with Gasteiger partial charge in [-0.2, -0.15) is 0 Å². The summed E-state index contributed by atoms with van der Waals surface area (Å²) in [5, 5.41) is 3.14. The lowest BCUT2D eigenvalue weighted by molar-refractivity contribution is -0.145. The Kier molecular flexibility index (Phi) is 9.23. The molecule has 0 aromatic heterocycles. The van der Waals surface area contributed by atoms with Gasteiger partial charge in [0.25, 0.3) is 0 Å². The Bertz CT molecular complexity index is 877. The van der Waals surface area contributed by atoms with Gasteiger partial charge in [-0.1, -0.05) is 33.1 Å². The molecule has 1 aromatic rings. The number of hydrogen-bond acceptors (Lipinski definition) is 5. The summed E-state index contributed by atoms with van der Waals surface area (Å²) in [6, 6.07) is 4.16. The number of nitrogens with one attached hydrogen (secondary N) is 1. The average Bonchev–Trinajstić information content (AvgIpc) is 2.81. The number of nitrogens with two attached hydrogens (primary N) is 1. The number of urea groups is 1. The summed E-state index contributed by atoms with van der Waals surface area (Å²) in [6.07, 6.45) is 5.73. The van der Waals surface area contributed by atoms with Gasteiger partial charge in [0, 0.05) is 31.6 Å². The predicted molar refractivity (Wildman–Crippen MR) is 133 cm³/mol. The summed E-state index contributed by atoms with van der Waals surface area (Å²) in [5.41, 5.74) is 6.43. The highest BCUT2D eigenvalue weighted by Gasteiger charge is 2.44. The van der Waals surface area contributed by atoms with Crippen LogP contribution in [0, 0.1) is 5.92 Å². The van der Waals surface area contributed by atoms with Crippen LogP contribution in [0.25, 0.3) is 0 Å². The molecule has 0 unspecified atom stereocenters. The number of carbonyl (C=O) groups is 3. The van der Waals surface area contributed by atoms with Gasteiger partial charge in [-0.15, -0.1) is 0 Å². The highest BCUT2D eigenvalue weighted by molar-refractivity contribution is 5.89. The smallest absolute Gasteiger partial charge is 0.318 e. The molecule has 9 nitrogen and oxygen atoms in total. The molecule has 1 aliphatic carbocycles. The van der Waals surface area contributed by atoms with Gasteiger partial charge in [0.1, 0.15) is 17.5 Å². The minimum absolute atomic E-state index is 0.00209. The average molecular weight is 489 g/mol. The van der Waals surface area contributed by atoms with Crippen molar-refractivity contribution in [2.45, 2.75) is 83.5 Å². The zero-order valence-electron chi connectivity index (χ0n) is 21.4. The van der Waals surface area contributed by atoms with E-state index in [1.165, 1.54) is 6.42 Å². The maximum atomic E-state index is 13.7. The third-order valence-corrected chi connectivity index (χ3v) is 6.84. The summed E-state index contributed by atoms with van der Waals surface area (Å²) in [5.74, 6) is 0.820. The molecule has 2 fully saturated rings. The van der Waals surface area contributed by atoms with E-state index in [1.807, 2.05) is 26.0 Å². The van der Waals surface area contributed by atoms with Crippen molar-refractivity contribution in [2.75, 3.05) is 20.8 Å². The fourth-order valence-corrected chi connectivity index (χ4v) is 5.20. The summed E-state index contributed by atoms with van der Waals surface area (Å²) in [4.78, 5) is 42.5. The maximum absolute atomic E-state index is 13.7. The third kappa shape index (κ3) is 7.02. The number of ether oxygens (including phenoxy) is 2. The van der Waals surface area contributed by atoms with Crippen LogP contribution < -0.4 is 20.5 Å². The van der Waals surface area contributed by atoms with Crippen molar-refractivity contribution in [3.8, 4) is 11.5 Å². The van der Waals surface area contributed by atoms with Crippen LogP contribution in [0.4, 0.5) is 4.79 Å². The summed E-state index contributed by atoms with van der Waals surface area (Å²) in [6.45, 7) is 4.60. The van der Waals surface area contributed by atoms with Crippen LogP contribution in [0.3, 0.4) is 0 Å². The molecule has 0 bridgehead atoms. The van der Waals surface area contributed by atoms with Gasteiger partial charge in [0.15, 0.2) is 0 Å². The molecule has 35 heavy (non-hydrogen) atoms. The van der Waals surface area contributed by atoms with Crippen LogP contribution >= 0.6 is 0 Å². The van der Waals surface area contributed by atoms with Crippen molar-refractivity contribution >= 4 is 17.8 Å². The molecule has 1 aromatic carbocycles. The molecular weight excluding hydrogens is 448 g/mol. The minimum Gasteiger partial charge on any atom is -0.497 e. The first-order chi connectivity index (χ1) is 16.7. The van der Waals surface area contributed by atoms with E-state index in [9.17, 15) is 14.4 Å². The van der Waals surface area contributed by atoms with Crippen molar-refractivity contribution in [3.63, 3.8) is 0 Å². The topological polar surface area (TPSA) is 114 Å². The van der Waals surface area contributed by atoms with Crippen LogP contribution in [0.5, 0.6) is 11.5 Å². The van der Waals surface area contributed by atoms with E-state index >= 15 is 0 Å². The molecule has 2 atom stereocenters. The standard InChI is InChI=1S/C26H40N4O5/c1-17(2)10-23-25(32)29(15-18-11-21(34-3)14-22(12-18)35-4)16-20(13-24(27)31)30(23)26(33)28-19-8-6-5-7-9-19/h11-12,14,17,19-20,23H,5-10,13,15-16H2,1-4H3,(H2,27,31)(H,28,33)/t20-,23-/m1/s1. The molecule has 3 N–H and O–H groups in total. The molecule has 1 heterocycles. The second-order valence-corrected chi connectivity index (χ2v) is 10.1. The zero-order chi connectivity index (χ0) is 25.5. The zero-order valence-corrected chi connectivity index (χ0v) is 21.4. The number of rotatable bonds is 9. The SMILES string of the molecule is COc1cc(CN2C[C@@H](CC(N)=O)N(C(=O)NC3CCCCC3)[C@H](CC(C)C)C2=O)cc(OC)c1. The number of carbonyl (C=O) groups excluding carboxylic acids is 3. The number of piperazine rings is 1. The molecule has 9 heteroatoms. The molecule has 3 rings (SSSR count). The Morgan fingerprint density at radius 2 is 1.71 bits per heavy atom. The van der Waals surface area contributed by atoms with Crippen molar-refractivity contribution in [2.24, 2.45) is 11.7 Å². The van der Waals surface area contributed by atoms with Crippen molar-refractivity contribution in [3.05, 3.63) is 23.8 Å². The number of benzene rings is 1. The van der Waals surface area contributed by atoms with Crippen LogP contribution in [-0.2, 0) is 16.1 Å². The Morgan fingerprint density at radius 3 is 2.26 bits per heavy atom. The van der Waals surface area contributed by atoms with E-state index in [4.69, 9.17) is 15.2 Å². The number of primary amides is 1. The fraction of sp³-hybridized carbons (Fsp3) is 0.654. The summed E-state index contributed by atoms with van der Waals surface area (Å²) < 4.78 is 10.8. The summed E-state index contributed by atoms with van der Waals surface area (Å²) >= 11 is 0. The second-order valence-electron chi connectivity index (χ2n) is 10.1. The lowest BCUT2D eigenvalue weighted by atomic mass is 9.94. The molecule has 0 radical (unpaired) electrons. The predicted octanol–water partition coefficient (Wildman–Crippen LogP) is 3.05. The number of methoxy groups -OCH3 is 2. The number of hydrogen-bond donors (Lipinski definition) is 2. The third-order valence-electron chi connectivity index (χ3n) is 6.84. The Morgan fingerprint density at radius 1 is 1.09 bits per heavy atom. The van der Waals surface area contributed by atoms with E-state index in [1.54, 1.807) is 30.1 Å². The van der Waals surface area contributed by atoms with Crippen LogP contribution in [0.1, 0.15) is 64.4 Å². The maximum Gasteiger partial charge on any atom is 0.318 e. The van der Waals surface area contributed by atoms with Crippen LogP contribution in [0.15, 0.2) is 18.2 Å². The number of amides is 4. The van der Waals surface area contributed by atoms with E-state index < -0.39 is 18.0 Å². The van der Waals surface area contributed by atoms with Crippen molar-refractivity contribution in [1.82, 2.24) is 15.1 Å². The van der Waals surface area contributed by atoms with E-state index in [-0.39, 0.29) is 36.9 Å². The van der Waals surface area contributed by atoms with E-state index in [2.05, 4.69) is 5.32 Å². The van der Waals surface area contributed by atoms with E-state index in [0.29, 0.717) is 24.5 Å². The van der Waals surface area contributed by atoms with Gasteiger partial charge in [0.05, 0.1) is 20.3 Å². The van der Waals surface area contributed by atoms with Crippen LogP contribution in [0.2, 0.25) is 0 Å². The first-order valence-corrected chi connectivity index (χ1v) is 12.6. The largest absolute Gasteiger partial charge is 0.497 e. The van der Waals surface area contributed by atoms with Gasteiger partial charge in [0.2, 0.25) is 11.8 Å². The van der Waals surface area contributed by atoms with Gasteiger partial charge in [-0.05, 0) is 42.9 Å². The highest BCUT2D eigenvalue weighted by Crippen LogP contribution is 2.29. The lowest BCUT2D eigenvalue weighted by Crippen LogP contribution is -2.66. The van der Waals surface area contributed by atoms with Crippen LogP contribution in [-0.4, -0.2) is 66.5 Å². The van der Waals surface area contributed by atoms with Gasteiger partial charge in [-0.3, -0.25) is 9.59 Å². The lowest BCUT2D eigenvalue weighted by Gasteiger charge is -2.46. The minimum atomic E-state index is -0.663. The summed E-state index contributed by atoms with van der Waals surface area (Å²) in [7, 11) is 3.16. The monoisotopic (exact) mass is 488 g/mol. The van der Waals surface area contributed by atoms with Crippen molar-refractivity contribution < 1.29 is 23.9 Å². The fourth-order valence-electron chi connectivity index (χ4n) is 5.20. The molecule has 194 valence electrons. The Hall–Kier alpha value is -2.97. The second kappa shape index (κ2) is 12.1. The Balaban J connectivity index is 1.89. The van der Waals surface area contributed by atoms with Gasteiger partial charge < -0.3 is 30.3 Å². The quantitative estimate of drug-likeness (QED) is 0.555. The molecule has 1 aliphatic heterocycles. The molecule has 0 spiro atoms. The first kappa shape index (κ1) is 26.6. The molecule has 4 amide bonds. The Labute approximate surface area is 208 Å². The van der Waals surface area contributed by atoms with Gasteiger partial charge >= 0.3 is 6.03 Å². The number of nitrogens with zero attached hydrogens (tertiary/aromatic N) is 2. The van der Waals surface area contributed by atoms with E-state index in [0.717, 1.165) is 31.2 Å². The normalized spacial score (nSPS) is 21.2. The van der Waals surface area contributed by atoms with Crippen molar-refractivity contribution in [1.29, 1.82) is 0 Å². The highest BCUT2D eigenvalue weighted by atomic mass is 16.5.